The molecule has 0 amide bonds. The van der Waals surface area contributed by atoms with Crippen molar-refractivity contribution in [2.45, 2.75) is 12.8 Å². The minimum atomic E-state index is -4.53. The van der Waals surface area contributed by atoms with E-state index < -0.39 is 23.4 Å². The van der Waals surface area contributed by atoms with Crippen LogP contribution in [-0.4, -0.2) is 5.11 Å². The van der Waals surface area contributed by atoms with Crippen LogP contribution >= 0.6 is 23.2 Å². The number of hydrogen-bond donors (Lipinski definition) is 1. The Morgan fingerprint density at radius 3 is 2.14 bits per heavy atom. The Morgan fingerprint density at radius 2 is 1.71 bits per heavy atom. The monoisotopic (exact) mass is 244 g/mol. The van der Waals surface area contributed by atoms with Gasteiger partial charge in [0.05, 0.1) is 17.2 Å². The van der Waals surface area contributed by atoms with Crippen molar-refractivity contribution in [3.8, 4) is 0 Å². The quantitative estimate of drug-likeness (QED) is 0.802. The molecule has 0 aliphatic heterocycles. The Hall–Kier alpha value is -0.450. The maximum Gasteiger partial charge on any atom is 0.417 e. The molecule has 0 unspecified atom stereocenters. The maximum absolute atomic E-state index is 12.3. The van der Waals surface area contributed by atoms with E-state index in [4.69, 9.17) is 28.3 Å². The molecule has 0 radical (unpaired) electrons. The van der Waals surface area contributed by atoms with Crippen LogP contribution in [0.3, 0.4) is 0 Å². The first-order valence-corrected chi connectivity index (χ1v) is 4.28. The topological polar surface area (TPSA) is 20.2 Å². The van der Waals surface area contributed by atoms with Crippen LogP contribution in [0.25, 0.3) is 0 Å². The summed E-state index contributed by atoms with van der Waals surface area (Å²) in [5.41, 5.74) is -0.828. The molecule has 1 nitrogen and oxygen atoms in total. The third-order valence-electron chi connectivity index (χ3n) is 1.61. The molecule has 0 heterocycles. The average molecular weight is 245 g/mol. The zero-order valence-electron chi connectivity index (χ0n) is 6.70. The average Bonchev–Trinajstić information content (AvgIpc) is 2.06. The van der Waals surface area contributed by atoms with Crippen LogP contribution in [0.15, 0.2) is 12.1 Å². The molecule has 0 saturated heterocycles. The summed E-state index contributed by atoms with van der Waals surface area (Å²) in [6, 6.07) is 1.71. The van der Waals surface area contributed by atoms with Crippen molar-refractivity contribution in [2.75, 3.05) is 0 Å². The fourth-order valence-corrected chi connectivity index (χ4v) is 1.44. The zero-order valence-corrected chi connectivity index (χ0v) is 8.21. The lowest BCUT2D eigenvalue weighted by Gasteiger charge is -2.10. The number of benzene rings is 1. The first-order valence-electron chi connectivity index (χ1n) is 3.52. The van der Waals surface area contributed by atoms with Crippen LogP contribution in [-0.2, 0) is 12.8 Å². The standard InChI is InChI=1S/C8H5Cl2F3O/c9-6-2-5(8(11,12)13)7(10)1-4(6)3-14/h1-2,14H,3H2. The highest BCUT2D eigenvalue weighted by atomic mass is 35.5. The van der Waals surface area contributed by atoms with Gasteiger partial charge in [0, 0.05) is 5.02 Å². The van der Waals surface area contributed by atoms with Gasteiger partial charge in [0.25, 0.3) is 0 Å². The molecule has 0 fully saturated rings. The number of aliphatic hydroxyl groups excluding tert-OH is 1. The Morgan fingerprint density at radius 1 is 1.14 bits per heavy atom. The van der Waals surface area contributed by atoms with Gasteiger partial charge in [-0.1, -0.05) is 23.2 Å². The van der Waals surface area contributed by atoms with Crippen LogP contribution in [0.5, 0.6) is 0 Å². The van der Waals surface area contributed by atoms with E-state index in [2.05, 4.69) is 0 Å². The number of rotatable bonds is 1. The molecular formula is C8H5Cl2F3O. The largest absolute Gasteiger partial charge is 0.417 e. The second-order valence-corrected chi connectivity index (χ2v) is 3.39. The van der Waals surface area contributed by atoms with E-state index in [1.165, 1.54) is 0 Å². The van der Waals surface area contributed by atoms with Crippen LogP contribution in [0.1, 0.15) is 11.1 Å². The summed E-state index contributed by atoms with van der Waals surface area (Å²) in [5, 5.41) is 8.10. The van der Waals surface area contributed by atoms with Crippen LogP contribution < -0.4 is 0 Å². The number of hydrogen-bond acceptors (Lipinski definition) is 1. The van der Waals surface area contributed by atoms with Gasteiger partial charge >= 0.3 is 6.18 Å². The summed E-state index contributed by atoms with van der Waals surface area (Å²) in [6.07, 6.45) is -4.53. The summed E-state index contributed by atoms with van der Waals surface area (Å²) in [4.78, 5) is 0. The highest BCUT2D eigenvalue weighted by Crippen LogP contribution is 2.37. The van der Waals surface area contributed by atoms with Crippen LogP contribution in [0, 0.1) is 0 Å². The highest BCUT2D eigenvalue weighted by molar-refractivity contribution is 6.34. The Kier molecular flexibility index (Phi) is 3.29. The lowest BCUT2D eigenvalue weighted by Crippen LogP contribution is -2.06. The van der Waals surface area contributed by atoms with E-state index in [1.807, 2.05) is 0 Å². The minimum Gasteiger partial charge on any atom is -0.392 e. The SMILES string of the molecule is OCc1cc(Cl)c(C(F)(F)F)cc1Cl. The molecule has 6 heteroatoms. The third kappa shape index (κ3) is 2.32. The Bertz CT molecular complexity index is 349. The predicted octanol–water partition coefficient (Wildman–Crippen LogP) is 3.50. The number of aliphatic hydroxyl groups is 1. The second kappa shape index (κ2) is 3.96. The molecule has 14 heavy (non-hydrogen) atoms. The van der Waals surface area contributed by atoms with Crippen LogP contribution in [0.2, 0.25) is 10.0 Å². The first-order chi connectivity index (χ1) is 6.36. The second-order valence-electron chi connectivity index (χ2n) is 2.58. The maximum atomic E-state index is 12.3. The normalized spacial score (nSPS) is 11.9. The van der Waals surface area contributed by atoms with Gasteiger partial charge < -0.3 is 5.11 Å². The number of alkyl halides is 3. The van der Waals surface area contributed by atoms with Crippen molar-refractivity contribution in [1.29, 1.82) is 0 Å². The number of halogens is 5. The molecule has 1 aromatic carbocycles. The van der Waals surface area contributed by atoms with Gasteiger partial charge in [-0.3, -0.25) is 0 Å². The van der Waals surface area contributed by atoms with Crippen molar-refractivity contribution >= 4 is 23.2 Å². The van der Waals surface area contributed by atoms with Crippen molar-refractivity contribution in [3.63, 3.8) is 0 Å². The predicted molar refractivity (Wildman–Crippen MR) is 47.4 cm³/mol. The Balaban J connectivity index is 3.29. The van der Waals surface area contributed by atoms with E-state index in [1.54, 1.807) is 0 Å². The molecule has 0 aromatic heterocycles. The molecule has 0 aliphatic rings. The van der Waals surface area contributed by atoms with Gasteiger partial charge in [0.1, 0.15) is 0 Å². The molecule has 78 valence electrons. The smallest absolute Gasteiger partial charge is 0.392 e. The third-order valence-corrected chi connectivity index (χ3v) is 2.28. The van der Waals surface area contributed by atoms with E-state index in [0.29, 0.717) is 6.07 Å². The fraction of sp³-hybridized carbons (Fsp3) is 0.250. The summed E-state index contributed by atoms with van der Waals surface area (Å²) in [6.45, 7) is -0.448. The summed E-state index contributed by atoms with van der Waals surface area (Å²) in [7, 11) is 0. The fourth-order valence-electron chi connectivity index (χ4n) is 0.926. The summed E-state index contributed by atoms with van der Waals surface area (Å²) >= 11 is 10.9. The zero-order chi connectivity index (χ0) is 10.9. The molecule has 1 rings (SSSR count). The Labute approximate surface area is 88.1 Å². The van der Waals surface area contributed by atoms with Gasteiger partial charge in [0.2, 0.25) is 0 Å². The molecule has 0 atom stereocenters. The molecule has 1 aromatic rings. The lowest BCUT2D eigenvalue weighted by molar-refractivity contribution is -0.137. The molecule has 0 aliphatic carbocycles. The van der Waals surface area contributed by atoms with Crippen molar-refractivity contribution < 1.29 is 18.3 Å². The highest BCUT2D eigenvalue weighted by Gasteiger charge is 2.33. The van der Waals surface area contributed by atoms with Gasteiger partial charge in [-0.05, 0) is 17.7 Å². The van der Waals surface area contributed by atoms with Gasteiger partial charge in [0.15, 0.2) is 0 Å². The van der Waals surface area contributed by atoms with E-state index >= 15 is 0 Å². The minimum absolute atomic E-state index is 0.149. The van der Waals surface area contributed by atoms with Crippen molar-refractivity contribution in [3.05, 3.63) is 33.3 Å². The lowest BCUT2D eigenvalue weighted by atomic mass is 10.1. The summed E-state index contributed by atoms with van der Waals surface area (Å²) in [5.74, 6) is 0. The van der Waals surface area contributed by atoms with Gasteiger partial charge in [-0.25, -0.2) is 0 Å². The molecular weight excluding hydrogens is 240 g/mol. The molecule has 0 saturated carbocycles. The summed E-state index contributed by atoms with van der Waals surface area (Å²) < 4.78 is 36.8. The van der Waals surface area contributed by atoms with Gasteiger partial charge in [-0.15, -0.1) is 0 Å². The van der Waals surface area contributed by atoms with Crippen molar-refractivity contribution in [1.82, 2.24) is 0 Å². The molecule has 0 bridgehead atoms. The van der Waals surface area contributed by atoms with E-state index in [0.717, 1.165) is 6.07 Å². The van der Waals surface area contributed by atoms with Crippen molar-refractivity contribution in [2.24, 2.45) is 0 Å². The van der Waals surface area contributed by atoms with E-state index in [9.17, 15) is 13.2 Å². The van der Waals surface area contributed by atoms with Gasteiger partial charge in [-0.2, -0.15) is 13.2 Å². The molecule has 0 spiro atoms. The van der Waals surface area contributed by atoms with Crippen LogP contribution in [0.4, 0.5) is 13.2 Å². The first kappa shape index (κ1) is 11.6. The van der Waals surface area contributed by atoms with E-state index in [-0.39, 0.29) is 10.6 Å². The molecule has 1 N–H and O–H groups in total.